The lowest BCUT2D eigenvalue weighted by molar-refractivity contribution is -0.130. The first-order valence-electron chi connectivity index (χ1n) is 14.1. The second-order valence-electron chi connectivity index (χ2n) is 11.7. The van der Waals surface area contributed by atoms with Crippen molar-refractivity contribution in [2.24, 2.45) is 5.92 Å². The fraction of sp³-hybridized carbons (Fsp3) is 0.424. The van der Waals surface area contributed by atoms with Gasteiger partial charge in [0.05, 0.1) is 6.04 Å². The van der Waals surface area contributed by atoms with Crippen molar-refractivity contribution < 1.29 is 14.3 Å². The summed E-state index contributed by atoms with van der Waals surface area (Å²) in [7, 11) is 0. The average molecular weight is 545 g/mol. The molecule has 0 aliphatic carbocycles. The zero-order valence-corrected chi connectivity index (χ0v) is 24.4. The van der Waals surface area contributed by atoms with Gasteiger partial charge in [0, 0.05) is 24.4 Å². The number of aromatic nitrogens is 1. The van der Waals surface area contributed by atoms with E-state index < -0.39 is 17.6 Å². The highest BCUT2D eigenvalue weighted by Crippen LogP contribution is 2.16. The summed E-state index contributed by atoms with van der Waals surface area (Å²) >= 11 is 0. The Morgan fingerprint density at radius 2 is 1.50 bits per heavy atom. The van der Waals surface area contributed by atoms with E-state index in [1.54, 1.807) is 12.4 Å². The number of ether oxygens (including phenoxy) is 1. The van der Waals surface area contributed by atoms with Crippen LogP contribution >= 0.6 is 0 Å². The third kappa shape index (κ3) is 11.2. The summed E-state index contributed by atoms with van der Waals surface area (Å²) in [6.45, 7) is 11.3. The van der Waals surface area contributed by atoms with Gasteiger partial charge >= 0.3 is 0 Å². The Morgan fingerprint density at radius 1 is 0.825 bits per heavy atom. The number of carbonyl (C=O) groups excluding carboxylic acids is 2. The van der Waals surface area contributed by atoms with Crippen molar-refractivity contribution in [1.29, 1.82) is 0 Å². The standard InChI is InChI=1S/C33H44N4O3/c1-24(2)17-19-35-29(21-27-12-9-18-34-22-27)31(38)36-30(32(39)37-33(3,4)5)20-25-13-15-28(16-14-25)40-23-26-10-7-6-8-11-26/h6-16,18,22,24,29-30,35H,17,19-21,23H2,1-5H3,(H,36,38)(H,37,39)/t29-,30?/m0/s1. The molecule has 0 aliphatic heterocycles. The van der Waals surface area contributed by atoms with Crippen molar-refractivity contribution in [2.75, 3.05) is 6.54 Å². The van der Waals surface area contributed by atoms with Crippen molar-refractivity contribution in [3.63, 3.8) is 0 Å². The molecule has 0 radical (unpaired) electrons. The molecule has 7 heteroatoms. The maximum atomic E-state index is 13.6. The smallest absolute Gasteiger partial charge is 0.243 e. The quantitative estimate of drug-likeness (QED) is 0.270. The molecular weight excluding hydrogens is 500 g/mol. The highest BCUT2D eigenvalue weighted by Gasteiger charge is 2.28. The van der Waals surface area contributed by atoms with Crippen molar-refractivity contribution in [1.82, 2.24) is 20.9 Å². The summed E-state index contributed by atoms with van der Waals surface area (Å²) in [6, 6.07) is 20.3. The van der Waals surface area contributed by atoms with E-state index in [0.717, 1.165) is 28.9 Å². The maximum absolute atomic E-state index is 13.6. The Balaban J connectivity index is 1.71. The van der Waals surface area contributed by atoms with Gasteiger partial charge in [0.2, 0.25) is 11.8 Å². The molecular formula is C33H44N4O3. The van der Waals surface area contributed by atoms with E-state index in [2.05, 4.69) is 34.8 Å². The highest BCUT2D eigenvalue weighted by molar-refractivity contribution is 5.90. The van der Waals surface area contributed by atoms with Gasteiger partial charge in [0.25, 0.3) is 0 Å². The number of benzene rings is 2. The van der Waals surface area contributed by atoms with Gasteiger partial charge in [-0.3, -0.25) is 14.6 Å². The molecule has 2 aromatic carbocycles. The van der Waals surface area contributed by atoms with E-state index >= 15 is 0 Å². The monoisotopic (exact) mass is 544 g/mol. The van der Waals surface area contributed by atoms with Crippen LogP contribution in [0.3, 0.4) is 0 Å². The summed E-state index contributed by atoms with van der Waals surface area (Å²) in [5.74, 6) is 0.842. The molecule has 3 rings (SSSR count). The molecule has 0 spiro atoms. The lowest BCUT2D eigenvalue weighted by Crippen LogP contribution is -2.56. The van der Waals surface area contributed by atoms with E-state index in [4.69, 9.17) is 4.74 Å². The van der Waals surface area contributed by atoms with Gasteiger partial charge < -0.3 is 20.7 Å². The molecule has 214 valence electrons. The van der Waals surface area contributed by atoms with E-state index in [1.165, 1.54) is 0 Å². The minimum Gasteiger partial charge on any atom is -0.489 e. The molecule has 40 heavy (non-hydrogen) atoms. The molecule has 0 aliphatic rings. The third-order valence-corrected chi connectivity index (χ3v) is 6.33. The lowest BCUT2D eigenvalue weighted by atomic mass is 10.0. The number of hydrogen-bond acceptors (Lipinski definition) is 5. The summed E-state index contributed by atoms with van der Waals surface area (Å²) < 4.78 is 5.91. The van der Waals surface area contributed by atoms with Gasteiger partial charge in [-0.2, -0.15) is 0 Å². The van der Waals surface area contributed by atoms with Crippen LogP contribution in [0.25, 0.3) is 0 Å². The van der Waals surface area contributed by atoms with Crippen LogP contribution in [-0.4, -0.2) is 41.0 Å². The molecule has 1 aromatic heterocycles. The van der Waals surface area contributed by atoms with Crippen LogP contribution in [0.15, 0.2) is 79.1 Å². The Morgan fingerprint density at radius 3 is 2.12 bits per heavy atom. The molecule has 0 saturated carbocycles. The molecule has 3 N–H and O–H groups in total. The molecule has 1 heterocycles. The van der Waals surface area contributed by atoms with Gasteiger partial charge in [-0.05, 0) is 81.0 Å². The first-order chi connectivity index (χ1) is 19.1. The van der Waals surface area contributed by atoms with Crippen molar-refractivity contribution in [2.45, 2.75) is 78.1 Å². The fourth-order valence-electron chi connectivity index (χ4n) is 4.20. The van der Waals surface area contributed by atoms with Gasteiger partial charge in [0.1, 0.15) is 18.4 Å². The number of pyridine rings is 1. The van der Waals surface area contributed by atoms with Crippen LogP contribution in [0.2, 0.25) is 0 Å². The van der Waals surface area contributed by atoms with Crippen LogP contribution in [-0.2, 0) is 29.0 Å². The van der Waals surface area contributed by atoms with Gasteiger partial charge in [-0.1, -0.05) is 62.4 Å². The Kier molecular flexibility index (Phi) is 11.7. The highest BCUT2D eigenvalue weighted by atomic mass is 16.5. The first-order valence-corrected chi connectivity index (χ1v) is 14.1. The van der Waals surface area contributed by atoms with Gasteiger partial charge in [-0.25, -0.2) is 0 Å². The average Bonchev–Trinajstić information content (AvgIpc) is 2.91. The maximum Gasteiger partial charge on any atom is 0.243 e. The normalized spacial score (nSPS) is 12.9. The zero-order valence-electron chi connectivity index (χ0n) is 24.4. The van der Waals surface area contributed by atoms with Gasteiger partial charge in [-0.15, -0.1) is 0 Å². The Labute approximate surface area is 239 Å². The predicted octanol–water partition coefficient (Wildman–Crippen LogP) is 4.85. The number of rotatable bonds is 14. The molecule has 0 saturated heterocycles. The molecule has 7 nitrogen and oxygen atoms in total. The number of nitrogens with one attached hydrogen (secondary N) is 3. The largest absolute Gasteiger partial charge is 0.489 e. The van der Waals surface area contributed by atoms with E-state index in [-0.39, 0.29) is 11.8 Å². The van der Waals surface area contributed by atoms with Gasteiger partial charge in [0.15, 0.2) is 0 Å². The molecule has 2 amide bonds. The second kappa shape index (κ2) is 15.2. The summed E-state index contributed by atoms with van der Waals surface area (Å²) in [5, 5.41) is 9.48. The van der Waals surface area contributed by atoms with E-state index in [1.807, 2.05) is 87.5 Å². The van der Waals surface area contributed by atoms with Crippen LogP contribution in [0, 0.1) is 5.92 Å². The minimum atomic E-state index is -0.730. The minimum absolute atomic E-state index is 0.204. The number of nitrogens with zero attached hydrogens (tertiary/aromatic N) is 1. The van der Waals surface area contributed by atoms with Crippen LogP contribution in [0.1, 0.15) is 57.7 Å². The van der Waals surface area contributed by atoms with Crippen LogP contribution < -0.4 is 20.7 Å². The Bertz CT molecular complexity index is 1180. The molecule has 0 fully saturated rings. The second-order valence-corrected chi connectivity index (χ2v) is 11.7. The van der Waals surface area contributed by atoms with Crippen molar-refractivity contribution in [3.8, 4) is 5.75 Å². The summed E-state index contributed by atoms with van der Waals surface area (Å²) in [5.41, 5.74) is 2.55. The number of hydrogen-bond donors (Lipinski definition) is 3. The summed E-state index contributed by atoms with van der Waals surface area (Å²) in [4.78, 5) is 31.1. The van der Waals surface area contributed by atoms with E-state index in [0.29, 0.717) is 31.9 Å². The van der Waals surface area contributed by atoms with E-state index in [9.17, 15) is 9.59 Å². The van der Waals surface area contributed by atoms with Crippen molar-refractivity contribution >= 4 is 11.8 Å². The fourth-order valence-corrected chi connectivity index (χ4v) is 4.20. The summed E-state index contributed by atoms with van der Waals surface area (Å²) in [6.07, 6.45) is 5.28. The molecule has 1 unspecified atom stereocenters. The zero-order chi connectivity index (χ0) is 29.0. The predicted molar refractivity (Wildman–Crippen MR) is 160 cm³/mol. The van der Waals surface area contributed by atoms with Crippen LogP contribution in [0.4, 0.5) is 0 Å². The molecule has 3 aromatic rings. The van der Waals surface area contributed by atoms with Crippen LogP contribution in [0.5, 0.6) is 5.75 Å². The van der Waals surface area contributed by atoms with Crippen molar-refractivity contribution in [3.05, 3.63) is 95.8 Å². The first kappa shape index (κ1) is 30.8. The SMILES string of the molecule is CC(C)CCN[C@@H](Cc1cccnc1)C(=O)NC(Cc1ccc(OCc2ccccc2)cc1)C(=O)NC(C)(C)C. The molecule has 2 atom stereocenters. The molecule has 0 bridgehead atoms. The Hall–Kier alpha value is -3.71. The number of amides is 2. The third-order valence-electron chi connectivity index (χ3n) is 6.33. The lowest BCUT2D eigenvalue weighted by Gasteiger charge is -2.27. The topological polar surface area (TPSA) is 92.3 Å². The number of carbonyl (C=O) groups is 2.